The fourth-order valence-electron chi connectivity index (χ4n) is 2.89. The number of hydrogen-bond acceptors (Lipinski definition) is 3. The predicted octanol–water partition coefficient (Wildman–Crippen LogP) is 3.36. The van der Waals surface area contributed by atoms with E-state index in [9.17, 15) is 4.39 Å². The van der Waals surface area contributed by atoms with E-state index >= 15 is 0 Å². The Morgan fingerprint density at radius 3 is 2.57 bits per heavy atom. The van der Waals surface area contributed by atoms with Crippen molar-refractivity contribution in [2.24, 2.45) is 0 Å². The van der Waals surface area contributed by atoms with Crippen molar-refractivity contribution in [3.05, 3.63) is 29.6 Å². The van der Waals surface area contributed by atoms with Gasteiger partial charge in [-0.05, 0) is 38.9 Å². The van der Waals surface area contributed by atoms with Crippen molar-refractivity contribution in [3.8, 4) is 5.75 Å². The lowest BCUT2D eigenvalue weighted by atomic mass is 10.1. The molecule has 1 aliphatic rings. The lowest BCUT2D eigenvalue weighted by Crippen LogP contribution is -2.34. The monoisotopic (exact) mass is 294 g/mol. The summed E-state index contributed by atoms with van der Waals surface area (Å²) in [6.07, 6.45) is 5.33. The van der Waals surface area contributed by atoms with Crippen molar-refractivity contribution < 1.29 is 9.13 Å². The van der Waals surface area contributed by atoms with Crippen LogP contribution in [0.25, 0.3) is 0 Å². The van der Waals surface area contributed by atoms with Crippen molar-refractivity contribution in [2.75, 3.05) is 33.3 Å². The Morgan fingerprint density at radius 2 is 1.95 bits per heavy atom. The molecule has 1 aromatic carbocycles. The normalized spacial score (nSPS) is 18.2. The van der Waals surface area contributed by atoms with Gasteiger partial charge in [-0.25, -0.2) is 4.39 Å². The van der Waals surface area contributed by atoms with E-state index in [0.717, 1.165) is 13.1 Å². The molecule has 1 N–H and O–H groups in total. The summed E-state index contributed by atoms with van der Waals surface area (Å²) in [5.74, 6) is 0.358. The van der Waals surface area contributed by atoms with Crippen LogP contribution in [0.3, 0.4) is 0 Å². The predicted molar refractivity (Wildman–Crippen MR) is 84.3 cm³/mol. The topological polar surface area (TPSA) is 24.5 Å². The van der Waals surface area contributed by atoms with Gasteiger partial charge in [0.1, 0.15) is 11.6 Å². The number of hydrogen-bond donors (Lipinski definition) is 1. The molecule has 1 heterocycles. The molecular weight excluding hydrogens is 267 g/mol. The average Bonchev–Trinajstić information content (AvgIpc) is 2.75. The first-order chi connectivity index (χ1) is 10.2. The molecule has 3 nitrogen and oxygen atoms in total. The van der Waals surface area contributed by atoms with Crippen LogP contribution in [-0.2, 0) is 0 Å². The summed E-state index contributed by atoms with van der Waals surface area (Å²) in [6, 6.07) is 5.08. The van der Waals surface area contributed by atoms with Gasteiger partial charge >= 0.3 is 0 Å². The Bertz CT molecular complexity index is 431. The van der Waals surface area contributed by atoms with Crippen LogP contribution in [0.5, 0.6) is 5.75 Å². The molecule has 0 radical (unpaired) electrons. The summed E-state index contributed by atoms with van der Waals surface area (Å²) in [5, 5.41) is 3.42. The number of ether oxygens (including phenoxy) is 1. The first-order valence-corrected chi connectivity index (χ1v) is 8.00. The van der Waals surface area contributed by atoms with Gasteiger partial charge in [0.15, 0.2) is 0 Å². The van der Waals surface area contributed by atoms with Crippen molar-refractivity contribution in [1.29, 1.82) is 0 Å². The molecule has 1 unspecified atom stereocenters. The van der Waals surface area contributed by atoms with Gasteiger partial charge in [0.25, 0.3) is 0 Å². The van der Waals surface area contributed by atoms with Crippen molar-refractivity contribution in [2.45, 2.75) is 38.6 Å². The van der Waals surface area contributed by atoms with Crippen LogP contribution >= 0.6 is 0 Å². The van der Waals surface area contributed by atoms with E-state index in [1.165, 1.54) is 44.8 Å². The Morgan fingerprint density at radius 1 is 1.24 bits per heavy atom. The fraction of sp³-hybridized carbons (Fsp3) is 0.647. The largest absolute Gasteiger partial charge is 0.497 e. The van der Waals surface area contributed by atoms with Crippen molar-refractivity contribution in [1.82, 2.24) is 10.2 Å². The number of nitrogens with zero attached hydrogens (tertiary/aromatic N) is 1. The zero-order valence-electron chi connectivity index (χ0n) is 13.2. The van der Waals surface area contributed by atoms with Gasteiger partial charge in [-0.2, -0.15) is 0 Å². The maximum Gasteiger partial charge on any atom is 0.131 e. The standard InChI is InChI=1S/C17H27FN2O/c1-14(16-8-7-15(21-2)13-17(16)18)19-9-12-20-10-5-3-4-6-11-20/h7-8,13-14,19H,3-6,9-12H2,1-2H3. The summed E-state index contributed by atoms with van der Waals surface area (Å²) in [7, 11) is 1.55. The van der Waals surface area contributed by atoms with Gasteiger partial charge < -0.3 is 15.0 Å². The highest BCUT2D eigenvalue weighted by Crippen LogP contribution is 2.21. The Labute approximate surface area is 127 Å². The van der Waals surface area contributed by atoms with E-state index in [4.69, 9.17) is 4.74 Å². The molecule has 118 valence electrons. The minimum atomic E-state index is -0.205. The van der Waals surface area contributed by atoms with E-state index in [1.54, 1.807) is 13.2 Å². The fourth-order valence-corrected chi connectivity index (χ4v) is 2.89. The maximum atomic E-state index is 14.0. The van der Waals surface area contributed by atoms with E-state index in [-0.39, 0.29) is 11.9 Å². The zero-order chi connectivity index (χ0) is 15.1. The van der Waals surface area contributed by atoms with Crippen LogP contribution in [-0.4, -0.2) is 38.2 Å². The van der Waals surface area contributed by atoms with Crippen molar-refractivity contribution in [3.63, 3.8) is 0 Å². The first kappa shape index (κ1) is 16.2. The van der Waals surface area contributed by atoms with E-state index < -0.39 is 0 Å². The summed E-state index contributed by atoms with van der Waals surface area (Å²) in [5.41, 5.74) is 0.701. The zero-order valence-corrected chi connectivity index (χ0v) is 13.2. The number of methoxy groups -OCH3 is 1. The molecule has 1 fully saturated rings. The molecule has 0 saturated carbocycles. The molecule has 0 amide bonds. The Balaban J connectivity index is 1.79. The third-order valence-electron chi connectivity index (χ3n) is 4.25. The molecule has 0 aliphatic carbocycles. The number of rotatable bonds is 6. The second kappa shape index (κ2) is 8.35. The second-order valence-corrected chi connectivity index (χ2v) is 5.82. The van der Waals surface area contributed by atoms with E-state index in [2.05, 4.69) is 10.2 Å². The lowest BCUT2D eigenvalue weighted by Gasteiger charge is -2.22. The van der Waals surface area contributed by atoms with E-state index in [1.807, 2.05) is 13.0 Å². The molecule has 2 rings (SSSR count). The Kier molecular flexibility index (Phi) is 6.46. The van der Waals surface area contributed by atoms with Crippen LogP contribution in [0.1, 0.15) is 44.2 Å². The number of halogens is 1. The van der Waals surface area contributed by atoms with Gasteiger partial charge in [-0.1, -0.05) is 18.9 Å². The van der Waals surface area contributed by atoms with Crippen LogP contribution in [0, 0.1) is 5.82 Å². The number of nitrogens with one attached hydrogen (secondary N) is 1. The molecule has 0 aromatic heterocycles. The van der Waals surface area contributed by atoms with E-state index in [0.29, 0.717) is 11.3 Å². The van der Waals surface area contributed by atoms with Gasteiger partial charge in [0.2, 0.25) is 0 Å². The van der Waals surface area contributed by atoms with Crippen LogP contribution in [0.2, 0.25) is 0 Å². The van der Waals surface area contributed by atoms with Gasteiger partial charge in [0.05, 0.1) is 7.11 Å². The summed E-state index contributed by atoms with van der Waals surface area (Å²) >= 11 is 0. The molecule has 21 heavy (non-hydrogen) atoms. The van der Waals surface area contributed by atoms with Gasteiger partial charge in [-0.15, -0.1) is 0 Å². The number of benzene rings is 1. The third kappa shape index (κ3) is 4.97. The lowest BCUT2D eigenvalue weighted by molar-refractivity contribution is 0.280. The highest BCUT2D eigenvalue weighted by molar-refractivity contribution is 5.30. The first-order valence-electron chi connectivity index (χ1n) is 8.00. The minimum Gasteiger partial charge on any atom is -0.497 e. The summed E-state index contributed by atoms with van der Waals surface area (Å²) in [4.78, 5) is 2.51. The van der Waals surface area contributed by atoms with Crippen LogP contribution < -0.4 is 10.1 Å². The molecule has 1 aliphatic heterocycles. The third-order valence-corrected chi connectivity index (χ3v) is 4.25. The molecule has 4 heteroatoms. The van der Waals surface area contributed by atoms with Gasteiger partial charge in [-0.3, -0.25) is 0 Å². The average molecular weight is 294 g/mol. The van der Waals surface area contributed by atoms with Gasteiger partial charge in [0, 0.05) is 30.8 Å². The summed E-state index contributed by atoms with van der Waals surface area (Å²) < 4.78 is 19.0. The SMILES string of the molecule is COc1ccc(C(C)NCCN2CCCCCC2)c(F)c1. The summed E-state index contributed by atoms with van der Waals surface area (Å²) in [6.45, 7) is 6.35. The molecule has 1 aromatic rings. The van der Waals surface area contributed by atoms with Crippen LogP contribution in [0.15, 0.2) is 18.2 Å². The molecule has 0 spiro atoms. The smallest absolute Gasteiger partial charge is 0.131 e. The number of likely N-dealkylation sites (tertiary alicyclic amines) is 1. The quantitative estimate of drug-likeness (QED) is 0.870. The minimum absolute atomic E-state index is 0.0166. The molecular formula is C17H27FN2O. The van der Waals surface area contributed by atoms with Crippen LogP contribution in [0.4, 0.5) is 4.39 Å². The Hall–Kier alpha value is -1.13. The molecule has 1 atom stereocenters. The highest BCUT2D eigenvalue weighted by Gasteiger charge is 2.13. The molecule has 0 bridgehead atoms. The molecule has 1 saturated heterocycles. The maximum absolute atomic E-state index is 14.0. The highest BCUT2D eigenvalue weighted by atomic mass is 19.1. The van der Waals surface area contributed by atoms with Crippen molar-refractivity contribution >= 4 is 0 Å². The second-order valence-electron chi connectivity index (χ2n) is 5.82.